The van der Waals surface area contributed by atoms with Gasteiger partial charge in [-0.25, -0.2) is 17.5 Å². The van der Waals surface area contributed by atoms with Crippen molar-refractivity contribution in [3.8, 4) is 11.1 Å². The molecule has 2 fully saturated rings. The largest absolute Gasteiger partial charge is 0.481 e. The summed E-state index contributed by atoms with van der Waals surface area (Å²) in [5.74, 6) is -1.40. The van der Waals surface area contributed by atoms with Gasteiger partial charge in [-0.3, -0.25) is 4.79 Å². The molecule has 2 unspecified atom stereocenters. The Morgan fingerprint density at radius 1 is 1.00 bits per heavy atom. The lowest BCUT2D eigenvalue weighted by Gasteiger charge is -2.39. The summed E-state index contributed by atoms with van der Waals surface area (Å²) >= 11 is 0. The molecule has 0 radical (unpaired) electrons. The van der Waals surface area contributed by atoms with Crippen molar-refractivity contribution < 1.29 is 27.4 Å². The van der Waals surface area contributed by atoms with Gasteiger partial charge in [0.15, 0.2) is 0 Å². The number of ether oxygens (including phenoxy) is 1. The predicted molar refractivity (Wildman–Crippen MR) is 147 cm³/mol. The van der Waals surface area contributed by atoms with E-state index in [2.05, 4.69) is 41.1 Å². The Morgan fingerprint density at radius 2 is 1.69 bits per heavy atom. The van der Waals surface area contributed by atoms with Gasteiger partial charge >= 0.3 is 5.97 Å². The summed E-state index contributed by atoms with van der Waals surface area (Å²) in [6.45, 7) is 0.495. The van der Waals surface area contributed by atoms with Gasteiger partial charge < -0.3 is 9.84 Å². The number of carboxylic acid groups (broad SMARTS) is 1. The number of benzene rings is 3. The average molecular weight is 550 g/mol. The van der Waals surface area contributed by atoms with Crippen LogP contribution in [-0.2, 0) is 25.0 Å². The molecular formula is C31H32FNO5S. The Hall–Kier alpha value is -3.33. The van der Waals surface area contributed by atoms with Crippen molar-refractivity contribution in [3.05, 3.63) is 102 Å². The Kier molecular flexibility index (Phi) is 7.98. The van der Waals surface area contributed by atoms with Crippen molar-refractivity contribution in [2.24, 2.45) is 5.92 Å². The summed E-state index contributed by atoms with van der Waals surface area (Å²) < 4.78 is 49.0. The highest BCUT2D eigenvalue weighted by Crippen LogP contribution is 2.54. The maximum atomic E-state index is 13.4. The number of halogens is 1. The topological polar surface area (TPSA) is 92.7 Å². The molecule has 1 aliphatic carbocycles. The first kappa shape index (κ1) is 27.2. The van der Waals surface area contributed by atoms with Gasteiger partial charge in [-0.1, -0.05) is 66.7 Å². The van der Waals surface area contributed by atoms with E-state index in [9.17, 15) is 17.6 Å². The van der Waals surface area contributed by atoms with Crippen molar-refractivity contribution in [1.82, 2.24) is 4.72 Å². The summed E-state index contributed by atoms with van der Waals surface area (Å²) in [7, 11) is -3.90. The number of hydrogen-bond acceptors (Lipinski definition) is 4. The molecule has 204 valence electrons. The molecule has 8 heteroatoms. The van der Waals surface area contributed by atoms with Gasteiger partial charge in [0, 0.05) is 11.8 Å². The number of allylic oxidation sites excluding steroid dienone is 2. The van der Waals surface area contributed by atoms with Crippen molar-refractivity contribution in [1.29, 1.82) is 0 Å². The van der Waals surface area contributed by atoms with E-state index in [1.165, 1.54) is 12.1 Å². The van der Waals surface area contributed by atoms with Crippen molar-refractivity contribution in [2.75, 3.05) is 6.61 Å². The third-order valence-corrected chi connectivity index (χ3v) is 9.44. The Balaban J connectivity index is 1.42. The Bertz CT molecular complexity index is 1420. The smallest absolute Gasteiger partial charge is 0.303 e. The van der Waals surface area contributed by atoms with E-state index in [4.69, 9.17) is 9.84 Å². The molecule has 5 rings (SSSR count). The van der Waals surface area contributed by atoms with Gasteiger partial charge in [-0.05, 0) is 72.6 Å². The van der Waals surface area contributed by atoms with Gasteiger partial charge in [0.05, 0.1) is 23.6 Å². The van der Waals surface area contributed by atoms with Crippen LogP contribution in [0.4, 0.5) is 4.39 Å². The molecule has 0 amide bonds. The van der Waals surface area contributed by atoms with Crippen LogP contribution in [0, 0.1) is 11.7 Å². The number of nitrogens with one attached hydrogen (secondary N) is 1. The van der Waals surface area contributed by atoms with Crippen LogP contribution in [0.2, 0.25) is 0 Å². The first-order valence-electron chi connectivity index (χ1n) is 13.2. The summed E-state index contributed by atoms with van der Waals surface area (Å²) in [5.41, 5.74) is 2.96. The number of aliphatic carboxylic acids is 1. The summed E-state index contributed by atoms with van der Waals surface area (Å²) in [6.07, 6.45) is 6.33. The second-order valence-electron chi connectivity index (χ2n) is 10.4. The molecule has 0 spiro atoms. The van der Waals surface area contributed by atoms with E-state index >= 15 is 0 Å². The molecule has 1 saturated carbocycles. The summed E-state index contributed by atoms with van der Waals surface area (Å²) in [6, 6.07) is 22.9. The van der Waals surface area contributed by atoms with Gasteiger partial charge in [0.2, 0.25) is 10.0 Å². The second kappa shape index (κ2) is 11.4. The van der Waals surface area contributed by atoms with E-state index in [1.54, 1.807) is 0 Å². The molecule has 39 heavy (non-hydrogen) atoms. The molecular weight excluding hydrogens is 517 g/mol. The second-order valence-corrected chi connectivity index (χ2v) is 12.1. The molecule has 3 aromatic carbocycles. The van der Waals surface area contributed by atoms with Gasteiger partial charge in [-0.15, -0.1) is 0 Å². The quantitative estimate of drug-likeness (QED) is 0.237. The third-order valence-electron chi connectivity index (χ3n) is 7.96. The summed E-state index contributed by atoms with van der Waals surface area (Å²) in [4.78, 5) is 10.8. The van der Waals surface area contributed by atoms with Crippen molar-refractivity contribution in [3.63, 3.8) is 0 Å². The molecule has 2 N–H and O–H groups in total. The normalized spacial score (nSPS) is 24.4. The molecule has 1 saturated heterocycles. The zero-order valence-corrected chi connectivity index (χ0v) is 22.3. The lowest BCUT2D eigenvalue weighted by molar-refractivity contribution is -0.137. The fraction of sp³-hybridized carbons (Fsp3) is 0.323. The molecule has 4 atom stereocenters. The minimum Gasteiger partial charge on any atom is -0.481 e. The number of fused-ring (bicyclic) bond motifs is 2. The van der Waals surface area contributed by atoms with Crippen LogP contribution in [-0.4, -0.2) is 38.2 Å². The number of carbonyl (C=O) groups is 1. The van der Waals surface area contributed by atoms with Crippen LogP contribution in [0.5, 0.6) is 0 Å². The fourth-order valence-corrected chi connectivity index (χ4v) is 7.29. The van der Waals surface area contributed by atoms with Crippen LogP contribution in [0.15, 0.2) is 95.9 Å². The molecule has 1 aliphatic heterocycles. The van der Waals surface area contributed by atoms with Crippen LogP contribution in [0.1, 0.15) is 37.7 Å². The zero-order chi connectivity index (χ0) is 27.5. The van der Waals surface area contributed by atoms with Gasteiger partial charge in [0.25, 0.3) is 0 Å². The summed E-state index contributed by atoms with van der Waals surface area (Å²) in [5, 5.41) is 8.89. The van der Waals surface area contributed by atoms with Crippen LogP contribution in [0.25, 0.3) is 11.1 Å². The Labute approximate surface area is 228 Å². The van der Waals surface area contributed by atoms with E-state index < -0.39 is 27.9 Å². The van der Waals surface area contributed by atoms with Gasteiger partial charge in [0.1, 0.15) is 5.82 Å². The van der Waals surface area contributed by atoms with Crippen LogP contribution >= 0.6 is 0 Å². The highest BCUT2D eigenvalue weighted by atomic mass is 32.2. The lowest BCUT2D eigenvalue weighted by Crippen LogP contribution is -2.51. The van der Waals surface area contributed by atoms with E-state index in [0.717, 1.165) is 28.8 Å². The van der Waals surface area contributed by atoms with Crippen LogP contribution in [0.3, 0.4) is 0 Å². The fourth-order valence-electron chi connectivity index (χ4n) is 5.99. The highest BCUT2D eigenvalue weighted by molar-refractivity contribution is 7.89. The number of carboxylic acids is 1. The molecule has 1 heterocycles. The number of unbranched alkanes of at least 4 members (excludes halogenated alkanes) is 1. The standard InChI is InChI=1S/C31H32FNO5S/c32-25-16-18-26(19-17-25)39(36,37)33-30-27(10-6-1-2-7-11-29(34)35)31(20-28(30)38-21-31)24-14-12-23(13-15-24)22-8-4-3-5-9-22/h1,3-6,8-9,12-19,27-28,30,33H,2,7,10-11,20-21H2,(H,34,35)/b6-1+/t27-,28?,30-,31?/m0/s1. The average Bonchev–Trinajstić information content (AvgIpc) is 3.50. The molecule has 3 aromatic rings. The monoisotopic (exact) mass is 549 g/mol. The maximum Gasteiger partial charge on any atom is 0.303 e. The Morgan fingerprint density at radius 3 is 2.38 bits per heavy atom. The van der Waals surface area contributed by atoms with Gasteiger partial charge in [-0.2, -0.15) is 0 Å². The van der Waals surface area contributed by atoms with Crippen LogP contribution < -0.4 is 4.72 Å². The first-order chi connectivity index (χ1) is 18.8. The molecule has 0 aromatic heterocycles. The number of sulfonamides is 1. The minimum atomic E-state index is -3.90. The molecule has 2 bridgehead atoms. The first-order valence-corrected chi connectivity index (χ1v) is 14.7. The van der Waals surface area contributed by atoms with E-state index in [1.807, 2.05) is 30.4 Å². The molecule has 6 nitrogen and oxygen atoms in total. The SMILES string of the molecule is O=C(O)CCC/C=C/C[C@H]1[C@H](NS(=O)(=O)c2ccc(F)cc2)C2CC1(c1ccc(-c3ccccc3)cc1)CO2. The number of rotatable bonds is 11. The van der Waals surface area contributed by atoms with E-state index in [-0.39, 0.29) is 28.8 Å². The maximum absolute atomic E-state index is 13.4. The van der Waals surface area contributed by atoms with Crippen molar-refractivity contribution >= 4 is 16.0 Å². The zero-order valence-electron chi connectivity index (χ0n) is 21.5. The minimum absolute atomic E-state index is 0.0101. The predicted octanol–water partition coefficient (Wildman–Crippen LogP) is 5.70. The van der Waals surface area contributed by atoms with E-state index in [0.29, 0.717) is 32.3 Å². The lowest BCUT2D eigenvalue weighted by atomic mass is 9.70. The third kappa shape index (κ3) is 5.83. The number of hydrogen-bond donors (Lipinski definition) is 2. The van der Waals surface area contributed by atoms with Crippen molar-refractivity contribution in [2.45, 2.75) is 54.6 Å². The molecule has 2 aliphatic rings. The highest BCUT2D eigenvalue weighted by Gasteiger charge is 2.60.